The Morgan fingerprint density at radius 1 is 1.67 bits per heavy atom. The van der Waals surface area contributed by atoms with E-state index in [0.717, 1.165) is 6.42 Å². The van der Waals surface area contributed by atoms with E-state index in [2.05, 4.69) is 6.58 Å². The molecule has 2 nitrogen and oxygen atoms in total. The third kappa shape index (κ3) is 4.18. The summed E-state index contributed by atoms with van der Waals surface area (Å²) in [6.45, 7) is 6.00. The van der Waals surface area contributed by atoms with Crippen LogP contribution in [0.1, 0.15) is 13.3 Å². The smallest absolute Gasteiger partial charge is 0.147 e. The van der Waals surface area contributed by atoms with Crippen molar-refractivity contribution in [2.45, 2.75) is 19.4 Å². The van der Waals surface area contributed by atoms with E-state index in [-0.39, 0.29) is 6.10 Å². The molecular formula is C7H14O2. The molecule has 0 saturated carbocycles. The van der Waals surface area contributed by atoms with Crippen molar-refractivity contribution in [2.75, 3.05) is 13.9 Å². The van der Waals surface area contributed by atoms with Crippen LogP contribution in [0.5, 0.6) is 0 Å². The second-order valence-electron chi connectivity index (χ2n) is 1.76. The average Bonchev–Trinajstić information content (AvgIpc) is 1.91. The maximum atomic E-state index is 5.15. The van der Waals surface area contributed by atoms with E-state index in [1.165, 1.54) is 0 Å². The largest absolute Gasteiger partial charge is 0.359 e. The van der Waals surface area contributed by atoms with Crippen molar-refractivity contribution in [1.82, 2.24) is 0 Å². The zero-order valence-electron chi connectivity index (χ0n) is 6.09. The Kier molecular flexibility index (Phi) is 5.57. The van der Waals surface area contributed by atoms with Crippen LogP contribution in [0.15, 0.2) is 12.7 Å². The second kappa shape index (κ2) is 5.79. The third-order valence-electron chi connectivity index (χ3n) is 1.07. The predicted octanol–water partition coefficient (Wildman–Crippen LogP) is 1.57. The minimum Gasteiger partial charge on any atom is -0.359 e. The molecule has 0 unspecified atom stereocenters. The highest BCUT2D eigenvalue weighted by atomic mass is 16.7. The molecule has 0 N–H and O–H groups in total. The lowest BCUT2D eigenvalue weighted by Crippen LogP contribution is -2.09. The highest BCUT2D eigenvalue weighted by molar-refractivity contribution is 4.77. The summed E-state index contributed by atoms with van der Waals surface area (Å²) < 4.78 is 9.86. The summed E-state index contributed by atoms with van der Waals surface area (Å²) in [6, 6.07) is 0. The molecule has 0 aromatic rings. The van der Waals surface area contributed by atoms with Crippen molar-refractivity contribution in [3.05, 3.63) is 12.7 Å². The summed E-state index contributed by atoms with van der Waals surface area (Å²) in [4.78, 5) is 0. The zero-order chi connectivity index (χ0) is 7.11. The second-order valence-corrected chi connectivity index (χ2v) is 1.76. The summed E-state index contributed by atoms with van der Waals surface area (Å²) in [5.74, 6) is 0. The van der Waals surface area contributed by atoms with Gasteiger partial charge in [0.25, 0.3) is 0 Å². The van der Waals surface area contributed by atoms with Crippen molar-refractivity contribution in [3.63, 3.8) is 0 Å². The topological polar surface area (TPSA) is 18.5 Å². The Morgan fingerprint density at radius 3 is 2.67 bits per heavy atom. The number of hydrogen-bond acceptors (Lipinski definition) is 2. The van der Waals surface area contributed by atoms with Crippen LogP contribution in [0.3, 0.4) is 0 Å². The minimum atomic E-state index is 0.143. The zero-order valence-corrected chi connectivity index (χ0v) is 6.09. The summed E-state index contributed by atoms with van der Waals surface area (Å²) >= 11 is 0. The molecule has 1 atom stereocenters. The van der Waals surface area contributed by atoms with E-state index in [1.54, 1.807) is 13.2 Å². The summed E-state index contributed by atoms with van der Waals surface area (Å²) in [6.07, 6.45) is 2.87. The van der Waals surface area contributed by atoms with Crippen molar-refractivity contribution < 1.29 is 9.47 Å². The highest BCUT2D eigenvalue weighted by Gasteiger charge is 1.97. The van der Waals surface area contributed by atoms with Gasteiger partial charge in [-0.05, 0) is 6.42 Å². The molecule has 0 saturated heterocycles. The Balaban J connectivity index is 3.20. The first-order valence-corrected chi connectivity index (χ1v) is 3.08. The van der Waals surface area contributed by atoms with Crippen LogP contribution in [0.2, 0.25) is 0 Å². The molecule has 0 radical (unpaired) electrons. The van der Waals surface area contributed by atoms with Gasteiger partial charge in [-0.15, -0.1) is 6.58 Å². The van der Waals surface area contributed by atoms with Gasteiger partial charge < -0.3 is 9.47 Å². The van der Waals surface area contributed by atoms with E-state index < -0.39 is 0 Å². The van der Waals surface area contributed by atoms with Crippen molar-refractivity contribution in [2.24, 2.45) is 0 Å². The first kappa shape index (κ1) is 8.66. The van der Waals surface area contributed by atoms with E-state index in [0.29, 0.717) is 6.79 Å². The lowest BCUT2D eigenvalue weighted by Gasteiger charge is -2.08. The Morgan fingerprint density at radius 2 is 2.33 bits per heavy atom. The molecule has 0 fully saturated rings. The summed E-state index contributed by atoms with van der Waals surface area (Å²) in [5, 5.41) is 0. The first-order chi connectivity index (χ1) is 4.35. The monoisotopic (exact) mass is 130 g/mol. The number of methoxy groups -OCH3 is 1. The molecule has 0 aliphatic carbocycles. The van der Waals surface area contributed by atoms with Crippen LogP contribution in [0, 0.1) is 0 Å². The Labute approximate surface area is 56.5 Å². The maximum Gasteiger partial charge on any atom is 0.147 e. The fourth-order valence-electron chi connectivity index (χ4n) is 0.508. The van der Waals surface area contributed by atoms with E-state index >= 15 is 0 Å². The number of hydrogen-bond donors (Lipinski definition) is 0. The van der Waals surface area contributed by atoms with Gasteiger partial charge in [-0.25, -0.2) is 0 Å². The van der Waals surface area contributed by atoms with Crippen LogP contribution < -0.4 is 0 Å². The van der Waals surface area contributed by atoms with E-state index in [4.69, 9.17) is 9.47 Å². The minimum absolute atomic E-state index is 0.143. The predicted molar refractivity (Wildman–Crippen MR) is 37.2 cm³/mol. The van der Waals surface area contributed by atoms with Crippen molar-refractivity contribution in [1.29, 1.82) is 0 Å². The number of rotatable bonds is 5. The molecule has 0 heterocycles. The first-order valence-electron chi connectivity index (χ1n) is 3.08. The third-order valence-corrected chi connectivity index (χ3v) is 1.07. The maximum absolute atomic E-state index is 5.15. The molecule has 0 aliphatic rings. The standard InChI is InChI=1S/C7H14O2/c1-4-7(5-2)9-6-8-3/h4,7H,1,5-6H2,2-3H3/t7-/m0/s1. The fraction of sp³-hybridized carbons (Fsp3) is 0.714. The van der Waals surface area contributed by atoms with E-state index in [1.807, 2.05) is 6.92 Å². The molecule has 0 aromatic carbocycles. The van der Waals surface area contributed by atoms with Crippen LogP contribution >= 0.6 is 0 Å². The Bertz CT molecular complexity index is 71.3. The molecule has 0 aromatic heterocycles. The van der Waals surface area contributed by atoms with Gasteiger partial charge in [-0.2, -0.15) is 0 Å². The van der Waals surface area contributed by atoms with Gasteiger partial charge in [-0.1, -0.05) is 13.0 Å². The highest BCUT2D eigenvalue weighted by Crippen LogP contribution is 1.97. The average molecular weight is 130 g/mol. The fourth-order valence-corrected chi connectivity index (χ4v) is 0.508. The van der Waals surface area contributed by atoms with Gasteiger partial charge in [0.05, 0.1) is 6.10 Å². The molecular weight excluding hydrogens is 116 g/mol. The van der Waals surface area contributed by atoms with Gasteiger partial charge in [0, 0.05) is 7.11 Å². The number of ether oxygens (including phenoxy) is 2. The van der Waals surface area contributed by atoms with Crippen molar-refractivity contribution >= 4 is 0 Å². The van der Waals surface area contributed by atoms with E-state index in [9.17, 15) is 0 Å². The Hall–Kier alpha value is -0.340. The molecule has 2 heteroatoms. The quantitative estimate of drug-likeness (QED) is 0.415. The molecule has 9 heavy (non-hydrogen) atoms. The molecule has 0 bridgehead atoms. The van der Waals surface area contributed by atoms with Crippen LogP contribution in [0.25, 0.3) is 0 Å². The molecule has 0 rings (SSSR count). The molecule has 0 aliphatic heterocycles. The van der Waals surface area contributed by atoms with Crippen LogP contribution in [-0.2, 0) is 9.47 Å². The van der Waals surface area contributed by atoms with Crippen molar-refractivity contribution in [3.8, 4) is 0 Å². The summed E-state index contributed by atoms with van der Waals surface area (Å²) in [7, 11) is 1.61. The molecule has 0 amide bonds. The van der Waals surface area contributed by atoms with Gasteiger partial charge >= 0.3 is 0 Å². The van der Waals surface area contributed by atoms with Gasteiger partial charge in [0.15, 0.2) is 0 Å². The van der Waals surface area contributed by atoms with Crippen LogP contribution in [0.4, 0.5) is 0 Å². The van der Waals surface area contributed by atoms with Gasteiger partial charge in [0.2, 0.25) is 0 Å². The lowest BCUT2D eigenvalue weighted by molar-refractivity contribution is -0.0559. The SMILES string of the molecule is C=C[C@@H](CC)OCOC. The van der Waals surface area contributed by atoms with Crippen LogP contribution in [-0.4, -0.2) is 20.0 Å². The molecule has 54 valence electrons. The lowest BCUT2D eigenvalue weighted by atomic mass is 10.3. The normalized spacial score (nSPS) is 13.1. The van der Waals surface area contributed by atoms with Gasteiger partial charge in [0.1, 0.15) is 6.79 Å². The summed E-state index contributed by atoms with van der Waals surface area (Å²) in [5.41, 5.74) is 0. The van der Waals surface area contributed by atoms with Gasteiger partial charge in [-0.3, -0.25) is 0 Å². The molecule has 0 spiro atoms.